The molecular weight excluding hydrogens is 256 g/mol. The molecule has 0 aliphatic carbocycles. The summed E-state index contributed by atoms with van der Waals surface area (Å²) in [6.45, 7) is 2.63. The second-order valence-electron chi connectivity index (χ2n) is 5.12. The molecule has 2 aromatic rings. The van der Waals surface area contributed by atoms with Crippen molar-refractivity contribution in [2.75, 3.05) is 19.6 Å². The first-order chi connectivity index (χ1) is 9.72. The molecule has 0 saturated carbocycles. The van der Waals surface area contributed by atoms with E-state index in [4.69, 9.17) is 5.11 Å². The quantitative estimate of drug-likeness (QED) is 0.887. The number of benzene rings is 1. The van der Waals surface area contributed by atoms with Crippen LogP contribution in [0, 0.1) is 0 Å². The molecule has 1 aliphatic heterocycles. The van der Waals surface area contributed by atoms with E-state index in [0.717, 1.165) is 30.4 Å². The number of nitrogens with zero attached hydrogens (tertiary/aromatic N) is 3. The van der Waals surface area contributed by atoms with Crippen LogP contribution in [0.3, 0.4) is 0 Å². The Balaban J connectivity index is 1.60. The third-order valence-corrected chi connectivity index (χ3v) is 3.69. The second kappa shape index (κ2) is 5.50. The number of amides is 1. The Bertz CT molecular complexity index is 577. The van der Waals surface area contributed by atoms with Crippen molar-refractivity contribution in [1.29, 1.82) is 0 Å². The Hall–Kier alpha value is -2.08. The Morgan fingerprint density at radius 2 is 2.30 bits per heavy atom. The van der Waals surface area contributed by atoms with E-state index in [1.165, 1.54) is 4.90 Å². The molecule has 1 aromatic heterocycles. The summed E-state index contributed by atoms with van der Waals surface area (Å²) in [6.07, 6.45) is 2.08. The van der Waals surface area contributed by atoms with Gasteiger partial charge in [0.15, 0.2) is 0 Å². The SMILES string of the molecule is O=C(O)N1CCNC(CCn2cc3ccccc3n2)C1. The lowest BCUT2D eigenvalue weighted by atomic mass is 10.1. The van der Waals surface area contributed by atoms with E-state index in [1.807, 2.05) is 35.1 Å². The molecule has 1 amide bonds. The third-order valence-electron chi connectivity index (χ3n) is 3.69. The van der Waals surface area contributed by atoms with Crippen molar-refractivity contribution < 1.29 is 9.90 Å². The van der Waals surface area contributed by atoms with Gasteiger partial charge in [0.1, 0.15) is 0 Å². The summed E-state index contributed by atoms with van der Waals surface area (Å²) in [4.78, 5) is 12.4. The predicted octanol–water partition coefficient (Wildman–Crippen LogP) is 1.38. The van der Waals surface area contributed by atoms with Crippen molar-refractivity contribution in [1.82, 2.24) is 20.0 Å². The van der Waals surface area contributed by atoms with Crippen LogP contribution < -0.4 is 5.32 Å². The fourth-order valence-corrected chi connectivity index (χ4v) is 2.61. The molecular formula is C14H18N4O2. The van der Waals surface area contributed by atoms with E-state index in [2.05, 4.69) is 10.4 Å². The topological polar surface area (TPSA) is 70.4 Å². The first-order valence-electron chi connectivity index (χ1n) is 6.86. The first-order valence-corrected chi connectivity index (χ1v) is 6.86. The maximum absolute atomic E-state index is 11.0. The number of carboxylic acid groups (broad SMARTS) is 1. The van der Waals surface area contributed by atoms with Crippen LogP contribution >= 0.6 is 0 Å². The van der Waals surface area contributed by atoms with E-state index in [1.54, 1.807) is 0 Å². The Morgan fingerprint density at radius 1 is 1.45 bits per heavy atom. The smallest absolute Gasteiger partial charge is 0.407 e. The van der Waals surface area contributed by atoms with Gasteiger partial charge in [0, 0.05) is 43.8 Å². The highest BCUT2D eigenvalue weighted by molar-refractivity contribution is 5.77. The van der Waals surface area contributed by atoms with Crippen LogP contribution in [0.15, 0.2) is 30.5 Å². The van der Waals surface area contributed by atoms with Gasteiger partial charge in [0.25, 0.3) is 0 Å². The summed E-state index contributed by atoms with van der Waals surface area (Å²) < 4.78 is 1.94. The molecule has 1 fully saturated rings. The summed E-state index contributed by atoms with van der Waals surface area (Å²) in [5.41, 5.74) is 0.997. The fourth-order valence-electron chi connectivity index (χ4n) is 2.61. The highest BCUT2D eigenvalue weighted by Crippen LogP contribution is 2.12. The number of aromatic nitrogens is 2. The summed E-state index contributed by atoms with van der Waals surface area (Å²) in [5.74, 6) is 0. The molecule has 20 heavy (non-hydrogen) atoms. The standard InChI is InChI=1S/C14H18N4O2/c19-14(20)17-8-6-15-12(10-17)5-7-18-9-11-3-1-2-4-13(11)16-18/h1-4,9,12,15H,5-8,10H2,(H,19,20). The minimum absolute atomic E-state index is 0.201. The Labute approximate surface area is 117 Å². The van der Waals surface area contributed by atoms with Gasteiger partial charge in [-0.1, -0.05) is 18.2 Å². The van der Waals surface area contributed by atoms with Crippen molar-refractivity contribution >= 4 is 17.0 Å². The van der Waals surface area contributed by atoms with Crippen molar-refractivity contribution in [3.8, 4) is 0 Å². The van der Waals surface area contributed by atoms with Crippen LogP contribution in [0.2, 0.25) is 0 Å². The molecule has 6 nitrogen and oxygen atoms in total. The number of hydrogen-bond acceptors (Lipinski definition) is 3. The monoisotopic (exact) mass is 274 g/mol. The van der Waals surface area contributed by atoms with Crippen molar-refractivity contribution in [3.05, 3.63) is 30.5 Å². The summed E-state index contributed by atoms with van der Waals surface area (Å²) in [5, 5.41) is 18.0. The average molecular weight is 274 g/mol. The molecule has 2 heterocycles. The summed E-state index contributed by atoms with van der Waals surface area (Å²) >= 11 is 0. The highest BCUT2D eigenvalue weighted by atomic mass is 16.4. The van der Waals surface area contributed by atoms with Gasteiger partial charge in [-0.25, -0.2) is 4.79 Å². The molecule has 3 rings (SSSR count). The minimum Gasteiger partial charge on any atom is -0.465 e. The van der Waals surface area contributed by atoms with Crippen molar-refractivity contribution in [2.24, 2.45) is 0 Å². The van der Waals surface area contributed by atoms with E-state index >= 15 is 0 Å². The summed E-state index contributed by atoms with van der Waals surface area (Å²) in [6, 6.07) is 8.22. The van der Waals surface area contributed by atoms with Crippen LogP contribution in [0.25, 0.3) is 10.9 Å². The number of piperazine rings is 1. The molecule has 1 aliphatic rings. The fraction of sp³-hybridized carbons (Fsp3) is 0.429. The van der Waals surface area contributed by atoms with Crippen LogP contribution in [-0.2, 0) is 6.54 Å². The van der Waals surface area contributed by atoms with E-state index < -0.39 is 6.09 Å². The van der Waals surface area contributed by atoms with Gasteiger partial charge in [0.05, 0.1) is 5.52 Å². The highest BCUT2D eigenvalue weighted by Gasteiger charge is 2.22. The van der Waals surface area contributed by atoms with Gasteiger partial charge < -0.3 is 15.3 Å². The molecule has 106 valence electrons. The largest absolute Gasteiger partial charge is 0.465 e. The van der Waals surface area contributed by atoms with Gasteiger partial charge in [-0.3, -0.25) is 4.68 Å². The molecule has 0 bridgehead atoms. The van der Waals surface area contributed by atoms with Crippen LogP contribution in [0.4, 0.5) is 4.79 Å². The maximum atomic E-state index is 11.0. The average Bonchev–Trinajstić information content (AvgIpc) is 2.88. The van der Waals surface area contributed by atoms with Gasteiger partial charge in [-0.15, -0.1) is 0 Å². The van der Waals surface area contributed by atoms with Gasteiger partial charge in [0.2, 0.25) is 0 Å². The predicted molar refractivity (Wildman–Crippen MR) is 75.7 cm³/mol. The number of rotatable bonds is 3. The first kappa shape index (κ1) is 12.9. The number of aryl methyl sites for hydroxylation is 1. The molecule has 1 atom stereocenters. The molecule has 1 aromatic carbocycles. The Morgan fingerprint density at radius 3 is 3.10 bits per heavy atom. The van der Waals surface area contributed by atoms with Crippen LogP contribution in [-0.4, -0.2) is 51.6 Å². The van der Waals surface area contributed by atoms with E-state index in [0.29, 0.717) is 13.1 Å². The molecule has 2 N–H and O–H groups in total. The van der Waals surface area contributed by atoms with Gasteiger partial charge in [-0.2, -0.15) is 5.10 Å². The lowest BCUT2D eigenvalue weighted by Gasteiger charge is -2.31. The Kier molecular flexibility index (Phi) is 3.56. The van der Waals surface area contributed by atoms with E-state index in [9.17, 15) is 4.79 Å². The molecule has 0 radical (unpaired) electrons. The van der Waals surface area contributed by atoms with Crippen molar-refractivity contribution in [3.63, 3.8) is 0 Å². The molecule has 1 saturated heterocycles. The van der Waals surface area contributed by atoms with Gasteiger partial charge in [-0.05, 0) is 12.5 Å². The zero-order valence-electron chi connectivity index (χ0n) is 11.2. The number of carbonyl (C=O) groups is 1. The number of hydrogen-bond donors (Lipinski definition) is 2. The summed E-state index contributed by atoms with van der Waals surface area (Å²) in [7, 11) is 0. The third kappa shape index (κ3) is 2.75. The lowest BCUT2D eigenvalue weighted by molar-refractivity contribution is 0.126. The second-order valence-corrected chi connectivity index (χ2v) is 5.12. The van der Waals surface area contributed by atoms with E-state index in [-0.39, 0.29) is 6.04 Å². The number of nitrogens with one attached hydrogen (secondary N) is 1. The zero-order valence-corrected chi connectivity index (χ0v) is 11.2. The molecule has 1 unspecified atom stereocenters. The maximum Gasteiger partial charge on any atom is 0.407 e. The normalized spacial score (nSPS) is 19.4. The lowest BCUT2D eigenvalue weighted by Crippen LogP contribution is -2.52. The zero-order chi connectivity index (χ0) is 13.9. The number of fused-ring (bicyclic) bond motifs is 1. The van der Waals surface area contributed by atoms with Crippen LogP contribution in [0.5, 0.6) is 0 Å². The minimum atomic E-state index is -0.832. The molecule has 6 heteroatoms. The van der Waals surface area contributed by atoms with Gasteiger partial charge >= 0.3 is 6.09 Å². The van der Waals surface area contributed by atoms with Crippen LogP contribution in [0.1, 0.15) is 6.42 Å². The van der Waals surface area contributed by atoms with Crippen molar-refractivity contribution in [2.45, 2.75) is 19.0 Å². The molecule has 0 spiro atoms.